The van der Waals surface area contributed by atoms with Gasteiger partial charge in [0.15, 0.2) is 0 Å². The molecule has 250 valence electrons. The molecule has 2 aliphatic heterocycles. The Balaban J connectivity index is 1.54. The molecule has 0 aromatic carbocycles. The molecule has 3 rings (SSSR count). The highest BCUT2D eigenvalue weighted by molar-refractivity contribution is 7.61. The minimum atomic E-state index is -4.98. The number of phosphoric acid groups is 4. The van der Waals surface area contributed by atoms with Crippen molar-refractivity contribution in [3.05, 3.63) is 11.9 Å². The van der Waals surface area contributed by atoms with Crippen LogP contribution >= 0.6 is 31.3 Å². The average molecular weight is 705 g/mol. The van der Waals surface area contributed by atoms with E-state index >= 15 is 0 Å². The van der Waals surface area contributed by atoms with Gasteiger partial charge >= 0.3 is 31.3 Å². The molecule has 11 atom stereocenters. The molecule has 25 heteroatoms. The van der Waals surface area contributed by atoms with E-state index in [1.807, 2.05) is 0 Å². The van der Waals surface area contributed by atoms with Crippen molar-refractivity contribution in [3.63, 3.8) is 0 Å². The molecule has 0 radical (unpaired) electrons. The second kappa shape index (κ2) is 14.9. The Morgan fingerprint density at radius 3 is 2.19 bits per heavy atom. The lowest BCUT2D eigenvalue weighted by Crippen LogP contribution is -2.36. The minimum absolute atomic E-state index is 0.0190. The van der Waals surface area contributed by atoms with Crippen LogP contribution in [0.15, 0.2) is 6.20 Å². The second-order valence-corrected chi connectivity index (χ2v) is 15.5. The van der Waals surface area contributed by atoms with Crippen LogP contribution in [-0.2, 0) is 65.6 Å². The number of phosphoric ester groups is 4. The van der Waals surface area contributed by atoms with Crippen molar-refractivity contribution in [1.82, 2.24) is 15.0 Å². The molecule has 0 amide bonds. The van der Waals surface area contributed by atoms with Crippen LogP contribution in [0.3, 0.4) is 0 Å². The van der Waals surface area contributed by atoms with E-state index in [4.69, 9.17) is 27.6 Å². The van der Waals surface area contributed by atoms with E-state index in [9.17, 15) is 42.9 Å². The van der Waals surface area contributed by atoms with Gasteiger partial charge in [0.25, 0.3) is 0 Å². The van der Waals surface area contributed by atoms with Crippen LogP contribution < -0.4 is 0 Å². The lowest BCUT2D eigenvalue weighted by atomic mass is 10.1. The summed E-state index contributed by atoms with van der Waals surface area (Å²) in [5, 5.41) is 18.3. The van der Waals surface area contributed by atoms with Crippen LogP contribution in [0.1, 0.15) is 32.0 Å². The molecular formula is C18H35N3O18P4. The summed E-state index contributed by atoms with van der Waals surface area (Å²) in [4.78, 5) is 38.6. The molecule has 6 unspecified atom stereocenters. The number of aliphatic hydroxyl groups is 1. The molecule has 2 saturated heterocycles. The average Bonchev–Trinajstić information content (AvgIpc) is 3.59. The molecule has 3 heterocycles. The van der Waals surface area contributed by atoms with Crippen LogP contribution in [0.4, 0.5) is 0 Å². The first-order valence-electron chi connectivity index (χ1n) is 12.5. The maximum Gasteiger partial charge on any atom is 0.481 e. The predicted octanol–water partition coefficient (Wildman–Crippen LogP) is 0.833. The minimum Gasteiger partial charge on any atom is -0.388 e. The van der Waals surface area contributed by atoms with Gasteiger partial charge in [0.2, 0.25) is 0 Å². The number of ether oxygens (including phenoxy) is 2. The quantitative estimate of drug-likeness (QED) is 0.140. The Labute approximate surface area is 245 Å². The van der Waals surface area contributed by atoms with E-state index in [1.165, 1.54) is 17.8 Å². The van der Waals surface area contributed by atoms with Gasteiger partial charge in [-0.3, -0.25) is 27.1 Å². The molecule has 1 aromatic heterocycles. The van der Waals surface area contributed by atoms with Crippen LogP contribution in [-0.4, -0.2) is 110 Å². The highest BCUT2D eigenvalue weighted by atomic mass is 31.3. The zero-order chi connectivity index (χ0) is 32.2. The predicted molar refractivity (Wildman–Crippen MR) is 139 cm³/mol. The van der Waals surface area contributed by atoms with Gasteiger partial charge in [-0.15, -0.1) is 5.10 Å². The van der Waals surface area contributed by atoms with E-state index < -0.39 is 81.1 Å². The molecule has 5 N–H and O–H groups in total. The smallest absolute Gasteiger partial charge is 0.388 e. The fourth-order valence-electron chi connectivity index (χ4n) is 4.17. The molecule has 1 aromatic rings. The summed E-state index contributed by atoms with van der Waals surface area (Å²) in [6.45, 7) is 1.71. The molecule has 43 heavy (non-hydrogen) atoms. The number of rotatable bonds is 17. The van der Waals surface area contributed by atoms with Crippen molar-refractivity contribution in [2.45, 2.75) is 69.4 Å². The van der Waals surface area contributed by atoms with Crippen molar-refractivity contribution >= 4 is 31.3 Å². The van der Waals surface area contributed by atoms with Crippen LogP contribution in [0, 0.1) is 0 Å². The molecule has 0 aliphatic carbocycles. The fraction of sp³-hybridized carbons (Fsp3) is 0.889. The molecule has 21 nitrogen and oxygen atoms in total. The second-order valence-electron chi connectivity index (χ2n) is 9.41. The first-order valence-corrected chi connectivity index (χ1v) is 18.5. The normalized spacial score (nSPS) is 33.5. The Morgan fingerprint density at radius 2 is 1.53 bits per heavy atom. The Kier molecular flexibility index (Phi) is 12.8. The van der Waals surface area contributed by atoms with Crippen molar-refractivity contribution < 1.29 is 83.9 Å². The van der Waals surface area contributed by atoms with Crippen LogP contribution in [0.5, 0.6) is 0 Å². The van der Waals surface area contributed by atoms with Crippen LogP contribution in [0.2, 0.25) is 0 Å². The molecular weight excluding hydrogens is 670 g/mol. The maximum atomic E-state index is 12.6. The van der Waals surface area contributed by atoms with Crippen molar-refractivity contribution in [1.29, 1.82) is 0 Å². The Hall–Kier alpha value is -0.500. The third kappa shape index (κ3) is 11.1. The van der Waals surface area contributed by atoms with Gasteiger partial charge in [0.05, 0.1) is 43.8 Å². The third-order valence-electron chi connectivity index (χ3n) is 6.22. The summed E-state index contributed by atoms with van der Waals surface area (Å²) in [7, 11) is -17.2. The topological polar surface area (TPSA) is 283 Å². The van der Waals surface area contributed by atoms with Gasteiger partial charge in [-0.2, -0.15) is 4.31 Å². The fourth-order valence-corrected chi connectivity index (χ4v) is 7.39. The van der Waals surface area contributed by atoms with Gasteiger partial charge < -0.3 is 34.2 Å². The number of aliphatic hydroxyl groups excluding tert-OH is 1. The van der Waals surface area contributed by atoms with Gasteiger partial charge in [0.1, 0.15) is 24.4 Å². The number of nitrogens with zero attached hydrogens (tertiary/aromatic N) is 3. The summed E-state index contributed by atoms with van der Waals surface area (Å²) < 4.78 is 92.2. The number of hydrogen-bond acceptors (Lipinski definition) is 16. The number of hydrogen-bond donors (Lipinski definition) is 5. The zero-order valence-corrected chi connectivity index (χ0v) is 26.9. The molecule has 2 fully saturated rings. The molecule has 0 saturated carbocycles. The van der Waals surface area contributed by atoms with Crippen molar-refractivity contribution in [2.75, 3.05) is 34.0 Å². The summed E-state index contributed by atoms with van der Waals surface area (Å²) in [6.07, 6.45) is -4.17. The highest BCUT2D eigenvalue weighted by Gasteiger charge is 2.47. The lowest BCUT2D eigenvalue weighted by molar-refractivity contribution is -0.0201. The van der Waals surface area contributed by atoms with Gasteiger partial charge in [0, 0.05) is 26.8 Å². The first kappa shape index (κ1) is 37.0. The third-order valence-corrected chi connectivity index (χ3v) is 10.8. The molecule has 0 spiro atoms. The van der Waals surface area contributed by atoms with E-state index in [0.29, 0.717) is 12.1 Å². The summed E-state index contributed by atoms with van der Waals surface area (Å²) in [5.41, 5.74) is 0.319. The standard InChI is InChI=1S/C18H35N3O18P4/c1-11-7-14(15(36-11)9-35-43(29,30)39-41(25,26)32-4)21-8-13(19-20-21)5-6-33-42(27,28)38-18-16(37-12(2)17(18)22)10-34-40(23,24)31-3/h8,11-12,14-18,22H,5-7,9-10H2,1-4H3,(H,23,24)(H,25,26)(H,27,28)(H,29,30)/t11-,12-,14?,15+,16+,17?,18-/m0/s1. The van der Waals surface area contributed by atoms with E-state index in [2.05, 4.69) is 23.7 Å². The van der Waals surface area contributed by atoms with Crippen LogP contribution in [0.25, 0.3) is 0 Å². The molecule has 0 bridgehead atoms. The lowest BCUT2D eigenvalue weighted by Gasteiger charge is -2.23. The van der Waals surface area contributed by atoms with E-state index in [1.54, 1.807) is 6.92 Å². The zero-order valence-electron chi connectivity index (χ0n) is 23.3. The maximum absolute atomic E-state index is 12.6. The summed E-state index contributed by atoms with van der Waals surface area (Å²) >= 11 is 0. The van der Waals surface area contributed by atoms with E-state index in [-0.39, 0.29) is 19.1 Å². The monoisotopic (exact) mass is 705 g/mol. The summed E-state index contributed by atoms with van der Waals surface area (Å²) in [5.74, 6) is 0. The molecule has 2 aliphatic rings. The summed E-state index contributed by atoms with van der Waals surface area (Å²) in [6, 6.07) is -0.537. The van der Waals surface area contributed by atoms with Gasteiger partial charge in [-0.1, -0.05) is 5.21 Å². The number of aromatic nitrogens is 3. The Morgan fingerprint density at radius 1 is 0.907 bits per heavy atom. The van der Waals surface area contributed by atoms with Crippen molar-refractivity contribution in [2.24, 2.45) is 0 Å². The Bertz CT molecular complexity index is 1270. The van der Waals surface area contributed by atoms with E-state index in [0.717, 1.165) is 14.2 Å². The van der Waals surface area contributed by atoms with Gasteiger partial charge in [-0.05, 0) is 20.3 Å². The SMILES string of the molecule is COP(=O)(O)OC[C@H]1O[C@@H](C)C(O)[C@H]1OP(=O)(O)OCCc1cn(C2C[C@H](C)O[C@@H]2COP(=O)(O)OP(=O)(O)OC)nn1. The highest BCUT2D eigenvalue weighted by Crippen LogP contribution is 2.60. The van der Waals surface area contributed by atoms with Gasteiger partial charge in [-0.25, -0.2) is 22.9 Å². The largest absolute Gasteiger partial charge is 0.481 e. The van der Waals surface area contributed by atoms with Crippen molar-refractivity contribution in [3.8, 4) is 0 Å². The first-order chi connectivity index (χ1) is 19.9.